The standard InChI is InChI=1S/C14H19ClN4/c1-10(2)18-8-4-5-11(9-18)14-17-16-13-7-3-6-12(15)19(13)14/h3,6-7,10-11H,4-5,8-9H2,1-2H3. The Hall–Kier alpha value is -1.13. The molecule has 0 amide bonds. The molecule has 4 nitrogen and oxygen atoms in total. The molecule has 0 aromatic carbocycles. The van der Waals surface area contributed by atoms with Crippen LogP contribution in [-0.2, 0) is 0 Å². The zero-order valence-electron chi connectivity index (χ0n) is 11.4. The number of halogens is 1. The van der Waals surface area contributed by atoms with Gasteiger partial charge in [0.25, 0.3) is 0 Å². The van der Waals surface area contributed by atoms with Crippen molar-refractivity contribution in [3.05, 3.63) is 29.2 Å². The molecular formula is C14H19ClN4. The van der Waals surface area contributed by atoms with E-state index in [1.165, 1.54) is 13.0 Å². The quantitative estimate of drug-likeness (QED) is 0.792. The lowest BCUT2D eigenvalue weighted by atomic mass is 9.96. The number of hydrogen-bond acceptors (Lipinski definition) is 3. The Morgan fingerprint density at radius 2 is 2.16 bits per heavy atom. The first kappa shape index (κ1) is 12.9. The molecule has 0 aliphatic carbocycles. The Balaban J connectivity index is 1.96. The van der Waals surface area contributed by atoms with Crippen LogP contribution in [0.15, 0.2) is 18.2 Å². The first-order chi connectivity index (χ1) is 9.16. The van der Waals surface area contributed by atoms with E-state index in [0.717, 1.165) is 24.4 Å². The molecule has 3 rings (SSSR count). The number of hydrogen-bond donors (Lipinski definition) is 0. The van der Waals surface area contributed by atoms with E-state index < -0.39 is 0 Å². The molecule has 2 aromatic heterocycles. The van der Waals surface area contributed by atoms with E-state index >= 15 is 0 Å². The Morgan fingerprint density at radius 3 is 2.95 bits per heavy atom. The molecule has 1 fully saturated rings. The van der Waals surface area contributed by atoms with Crippen molar-refractivity contribution in [2.75, 3.05) is 13.1 Å². The van der Waals surface area contributed by atoms with E-state index in [-0.39, 0.29) is 0 Å². The van der Waals surface area contributed by atoms with Gasteiger partial charge in [-0.05, 0) is 45.4 Å². The topological polar surface area (TPSA) is 33.4 Å². The summed E-state index contributed by atoms with van der Waals surface area (Å²) >= 11 is 6.29. The maximum absolute atomic E-state index is 6.29. The minimum Gasteiger partial charge on any atom is -0.300 e. The van der Waals surface area contributed by atoms with Crippen molar-refractivity contribution < 1.29 is 0 Å². The van der Waals surface area contributed by atoms with Gasteiger partial charge in [0, 0.05) is 18.5 Å². The van der Waals surface area contributed by atoms with Gasteiger partial charge in [0.1, 0.15) is 11.0 Å². The number of nitrogens with zero attached hydrogens (tertiary/aromatic N) is 4. The smallest absolute Gasteiger partial charge is 0.161 e. The second kappa shape index (κ2) is 5.10. The number of aromatic nitrogens is 3. The van der Waals surface area contributed by atoms with E-state index in [9.17, 15) is 0 Å². The molecule has 1 saturated heterocycles. The minimum atomic E-state index is 0.422. The molecule has 3 heterocycles. The van der Waals surface area contributed by atoms with Crippen LogP contribution in [0.2, 0.25) is 5.15 Å². The van der Waals surface area contributed by atoms with Crippen LogP contribution in [0, 0.1) is 0 Å². The molecule has 0 bridgehead atoms. The fourth-order valence-corrected chi connectivity index (χ4v) is 3.12. The highest BCUT2D eigenvalue weighted by molar-refractivity contribution is 6.29. The third-order valence-corrected chi connectivity index (χ3v) is 4.25. The van der Waals surface area contributed by atoms with E-state index in [1.807, 2.05) is 22.6 Å². The summed E-state index contributed by atoms with van der Waals surface area (Å²) in [6, 6.07) is 6.34. The van der Waals surface area contributed by atoms with Crippen LogP contribution in [0.5, 0.6) is 0 Å². The molecule has 1 atom stereocenters. The average molecular weight is 279 g/mol. The summed E-state index contributed by atoms with van der Waals surface area (Å²) in [5, 5.41) is 9.30. The Kier molecular flexibility index (Phi) is 3.46. The lowest BCUT2D eigenvalue weighted by molar-refractivity contribution is 0.164. The number of rotatable bonds is 2. The van der Waals surface area contributed by atoms with Gasteiger partial charge in [-0.2, -0.15) is 0 Å². The van der Waals surface area contributed by atoms with E-state index in [1.54, 1.807) is 0 Å². The molecule has 102 valence electrons. The summed E-state index contributed by atoms with van der Waals surface area (Å²) in [6.45, 7) is 6.72. The summed E-state index contributed by atoms with van der Waals surface area (Å²) in [5.41, 5.74) is 0.837. The SMILES string of the molecule is CC(C)N1CCCC(c2nnc3cccc(Cl)n23)C1. The number of piperidine rings is 1. The number of pyridine rings is 1. The van der Waals surface area contributed by atoms with Gasteiger partial charge in [0.15, 0.2) is 5.65 Å². The molecular weight excluding hydrogens is 260 g/mol. The van der Waals surface area contributed by atoms with Crippen LogP contribution >= 0.6 is 11.6 Å². The van der Waals surface area contributed by atoms with Crippen molar-refractivity contribution in [2.24, 2.45) is 0 Å². The third kappa shape index (κ3) is 2.35. The van der Waals surface area contributed by atoms with Gasteiger partial charge >= 0.3 is 0 Å². The molecule has 1 unspecified atom stereocenters. The molecule has 5 heteroatoms. The van der Waals surface area contributed by atoms with E-state index in [4.69, 9.17) is 11.6 Å². The van der Waals surface area contributed by atoms with E-state index in [0.29, 0.717) is 17.1 Å². The van der Waals surface area contributed by atoms with Crippen molar-refractivity contribution >= 4 is 17.2 Å². The lowest BCUT2D eigenvalue weighted by Gasteiger charge is -2.34. The largest absolute Gasteiger partial charge is 0.300 e. The molecule has 0 N–H and O–H groups in total. The molecule has 0 saturated carbocycles. The van der Waals surface area contributed by atoms with Crippen molar-refractivity contribution in [1.82, 2.24) is 19.5 Å². The summed E-state index contributed by atoms with van der Waals surface area (Å²) < 4.78 is 1.98. The van der Waals surface area contributed by atoms with Gasteiger partial charge in [-0.1, -0.05) is 17.7 Å². The first-order valence-corrected chi connectivity index (χ1v) is 7.28. The fourth-order valence-electron chi connectivity index (χ4n) is 2.87. The Labute approximate surface area is 118 Å². The molecule has 0 radical (unpaired) electrons. The van der Waals surface area contributed by atoms with Crippen molar-refractivity contribution in [3.8, 4) is 0 Å². The molecule has 1 aliphatic heterocycles. The molecule has 2 aromatic rings. The predicted molar refractivity (Wildman–Crippen MR) is 76.7 cm³/mol. The van der Waals surface area contributed by atoms with E-state index in [2.05, 4.69) is 28.9 Å². The van der Waals surface area contributed by atoms with Crippen LogP contribution in [0.4, 0.5) is 0 Å². The second-order valence-corrected chi connectivity index (χ2v) is 5.92. The Bertz CT molecular complexity index is 578. The normalized spacial score (nSPS) is 21.4. The zero-order valence-corrected chi connectivity index (χ0v) is 12.1. The highest BCUT2D eigenvalue weighted by atomic mass is 35.5. The van der Waals surface area contributed by atoms with Crippen molar-refractivity contribution in [1.29, 1.82) is 0 Å². The van der Waals surface area contributed by atoms with Crippen LogP contribution < -0.4 is 0 Å². The van der Waals surface area contributed by atoms with Crippen LogP contribution in [0.25, 0.3) is 5.65 Å². The van der Waals surface area contributed by atoms with Gasteiger partial charge in [-0.15, -0.1) is 10.2 Å². The van der Waals surface area contributed by atoms with Gasteiger partial charge in [-0.25, -0.2) is 0 Å². The summed E-state index contributed by atoms with van der Waals surface area (Å²) in [6.07, 6.45) is 2.37. The first-order valence-electron chi connectivity index (χ1n) is 6.90. The maximum Gasteiger partial charge on any atom is 0.161 e. The molecule has 1 aliphatic rings. The monoisotopic (exact) mass is 278 g/mol. The number of fused-ring (bicyclic) bond motifs is 1. The highest BCUT2D eigenvalue weighted by Gasteiger charge is 2.26. The maximum atomic E-state index is 6.29. The van der Waals surface area contributed by atoms with Gasteiger partial charge in [-0.3, -0.25) is 4.40 Å². The third-order valence-electron chi connectivity index (χ3n) is 3.95. The van der Waals surface area contributed by atoms with Gasteiger partial charge in [0.05, 0.1) is 0 Å². The van der Waals surface area contributed by atoms with Gasteiger partial charge in [0.2, 0.25) is 0 Å². The summed E-state index contributed by atoms with van der Waals surface area (Å²) in [5.74, 6) is 1.43. The highest BCUT2D eigenvalue weighted by Crippen LogP contribution is 2.28. The molecule has 19 heavy (non-hydrogen) atoms. The fraction of sp³-hybridized carbons (Fsp3) is 0.571. The van der Waals surface area contributed by atoms with Crippen LogP contribution in [0.1, 0.15) is 38.4 Å². The number of likely N-dealkylation sites (tertiary alicyclic amines) is 1. The average Bonchev–Trinajstić information content (AvgIpc) is 2.84. The predicted octanol–water partition coefficient (Wildman–Crippen LogP) is 2.97. The summed E-state index contributed by atoms with van der Waals surface area (Å²) in [7, 11) is 0. The minimum absolute atomic E-state index is 0.422. The molecule has 0 spiro atoms. The lowest BCUT2D eigenvalue weighted by Crippen LogP contribution is -2.39. The zero-order chi connectivity index (χ0) is 13.4. The van der Waals surface area contributed by atoms with Gasteiger partial charge < -0.3 is 4.90 Å². The second-order valence-electron chi connectivity index (χ2n) is 5.53. The van der Waals surface area contributed by atoms with Crippen LogP contribution in [0.3, 0.4) is 0 Å². The van der Waals surface area contributed by atoms with Crippen LogP contribution in [-0.4, -0.2) is 38.6 Å². The van der Waals surface area contributed by atoms with Crippen molar-refractivity contribution in [2.45, 2.75) is 38.6 Å². The Morgan fingerprint density at radius 1 is 1.32 bits per heavy atom. The summed E-state index contributed by atoms with van der Waals surface area (Å²) in [4.78, 5) is 2.51. The van der Waals surface area contributed by atoms with Crippen molar-refractivity contribution in [3.63, 3.8) is 0 Å².